The number of carbonyl (C=O) groups is 9. The molecule has 5 heterocycles. The number of rotatable bonds is 10. The molecule has 3 aromatic carbocycles. The van der Waals surface area contributed by atoms with Crippen LogP contribution in [0.3, 0.4) is 0 Å². The Bertz CT molecular complexity index is 4280. The SMILES string of the molecule is CC1NC(=O)C(CC(C)(O)CNC(=O)c2ccc(-c3c4ccc(=N)c(S(=O)(=O)[O-])c-4oc4c(S(=O)(=O)[O-])c(N)ccc34)c(C(=O)O)c2)NC(=O)C2Cc3c([nH]c4ccccc34)SCC(NC(=O)C(C(C)O)NC1=O)C(=O)N1CC(O)CC1C(=O)NC(C)C(=O)N2.[Li+].[Li+]. The summed E-state index contributed by atoms with van der Waals surface area (Å²) in [6.45, 7) is 3.58. The number of H-pyrrole nitrogens is 1. The van der Waals surface area contributed by atoms with Crippen molar-refractivity contribution in [2.75, 3.05) is 24.6 Å². The molecule has 5 aliphatic rings. The minimum absolute atomic E-state index is 0. The molecule has 1 saturated heterocycles. The van der Waals surface area contributed by atoms with E-state index in [4.69, 9.17) is 15.6 Å². The van der Waals surface area contributed by atoms with E-state index in [0.29, 0.717) is 21.5 Å². The zero-order valence-corrected chi connectivity index (χ0v) is 52.3. The van der Waals surface area contributed by atoms with Gasteiger partial charge in [0, 0.05) is 71.1 Å². The number of hydrogen-bond donors (Lipinski definition) is 14. The van der Waals surface area contributed by atoms with Gasteiger partial charge in [0.05, 0.1) is 39.4 Å². The van der Waals surface area contributed by atoms with Crippen LogP contribution < -0.4 is 86.0 Å². The molecule has 31 nitrogen and oxygen atoms in total. The second kappa shape index (κ2) is 27.8. The average Bonchev–Trinajstić information content (AvgIpc) is 0.911. The third-order valence-corrected chi connectivity index (χ3v) is 18.4. The van der Waals surface area contributed by atoms with Gasteiger partial charge in [-0.25, -0.2) is 21.6 Å². The number of carboxylic acids is 1. The number of aromatic carboxylic acids is 1. The van der Waals surface area contributed by atoms with Gasteiger partial charge in [0.1, 0.15) is 72.3 Å². The van der Waals surface area contributed by atoms with E-state index in [1.807, 2.05) is 0 Å². The van der Waals surface area contributed by atoms with Crippen molar-refractivity contribution in [2.45, 2.75) is 122 Å². The van der Waals surface area contributed by atoms with Crippen molar-refractivity contribution < 1.29 is 132 Å². The summed E-state index contributed by atoms with van der Waals surface area (Å²) >= 11 is 0.988. The maximum atomic E-state index is 15.0. The van der Waals surface area contributed by atoms with Gasteiger partial charge < -0.3 is 86.8 Å². The van der Waals surface area contributed by atoms with Gasteiger partial charge in [0.25, 0.3) is 5.91 Å². The number of hydrogen-bond acceptors (Lipinski definition) is 22. The minimum atomic E-state index is -5.63. The molecule has 1 fully saturated rings. The molecule has 92 heavy (non-hydrogen) atoms. The van der Waals surface area contributed by atoms with E-state index in [1.165, 1.54) is 13.8 Å². The molecule has 478 valence electrons. The molecule has 10 atom stereocenters. The first-order chi connectivity index (χ1) is 42.1. The van der Waals surface area contributed by atoms with Gasteiger partial charge in [-0.15, -0.1) is 11.8 Å². The van der Waals surface area contributed by atoms with Crippen molar-refractivity contribution in [1.82, 2.24) is 47.1 Å². The first kappa shape index (κ1) is 71.6. The van der Waals surface area contributed by atoms with E-state index >= 15 is 0 Å². The summed E-state index contributed by atoms with van der Waals surface area (Å²) in [5, 5.41) is 69.7. The molecular weight excluding hydrogens is 1260 g/mol. The summed E-state index contributed by atoms with van der Waals surface area (Å²) in [6.07, 6.45) is -4.33. The fourth-order valence-corrected chi connectivity index (χ4v) is 13.5. The Balaban J connectivity index is 0.00000600. The molecule has 2 bridgehead atoms. The molecule has 1 aliphatic carbocycles. The standard InChI is InChI=1S/C56H61N11O20S3.2Li/c1-22-46(70)62-36-17-31-27-7-5-6-8-35(27)65-53(31)88-20-38(54(77)67-19-26(69)16-39(67)51(75)61-22)64-52(76)41(24(3)68)66-47(71)23(2)60-50(74)37(63-49(36)73)18-56(4,80)21-59-48(72)25-9-10-28(32(15-25)55(78)79)40-29-11-13-33(57)44(89(81,82)83)42(29)87-43-30(40)12-14-34(58)45(43)90(84,85)86;;/h5-15,22-24,26,36-39,41,57,65,68-69,80H,16-21,58H2,1-4H3,(H,59,72)(H,60,74)(H,61,75)(H,62,70)(H,63,73)(H,64,76)(H,66,71)(H,78,79)(H,81,82,83)(H,84,85,86);;/q;2*+1/p-2. The molecule has 0 spiro atoms. The summed E-state index contributed by atoms with van der Waals surface area (Å²) < 4.78 is 81.2. The van der Waals surface area contributed by atoms with Crippen molar-refractivity contribution in [3.05, 3.63) is 88.8 Å². The molecule has 8 amide bonds. The number of carbonyl (C=O) groups excluding carboxylic acids is 8. The monoisotopic (exact) mass is 1320 g/mol. The number of aromatic amines is 1. The van der Waals surface area contributed by atoms with Crippen LogP contribution in [0.25, 0.3) is 44.3 Å². The third-order valence-electron chi connectivity index (χ3n) is 15.4. The van der Waals surface area contributed by atoms with Gasteiger partial charge >= 0.3 is 43.7 Å². The summed E-state index contributed by atoms with van der Waals surface area (Å²) in [5.74, 6) is -11.1. The molecule has 1 aromatic heterocycles. The Morgan fingerprint density at radius 1 is 0.815 bits per heavy atom. The van der Waals surface area contributed by atoms with Crippen molar-refractivity contribution in [3.63, 3.8) is 0 Å². The number of benzene rings is 4. The number of nitrogens with one attached hydrogen (secondary N) is 9. The van der Waals surface area contributed by atoms with Gasteiger partial charge in [-0.1, -0.05) is 24.3 Å². The van der Waals surface area contributed by atoms with Crippen LogP contribution in [0.15, 0.2) is 86.0 Å². The number of anilines is 1. The van der Waals surface area contributed by atoms with Crippen LogP contribution >= 0.6 is 11.8 Å². The van der Waals surface area contributed by atoms with Crippen LogP contribution in [0, 0.1) is 5.41 Å². The Morgan fingerprint density at radius 3 is 2.10 bits per heavy atom. The number of nitrogens with zero attached hydrogens (tertiary/aromatic N) is 1. The number of aromatic nitrogens is 1. The van der Waals surface area contributed by atoms with E-state index < -0.39 is 190 Å². The maximum absolute atomic E-state index is 15.0. The first-order valence-electron chi connectivity index (χ1n) is 27.5. The number of thioether (sulfide) groups is 1. The molecule has 0 saturated carbocycles. The van der Waals surface area contributed by atoms with Crippen LogP contribution in [0.2, 0.25) is 0 Å². The number of amides is 8. The fraction of sp³-hybridized carbons (Fsp3) is 0.357. The van der Waals surface area contributed by atoms with Crippen LogP contribution in [-0.2, 0) is 60.2 Å². The van der Waals surface area contributed by atoms with E-state index in [9.17, 15) is 89.5 Å². The summed E-state index contributed by atoms with van der Waals surface area (Å²) in [7, 11) is -11.2. The van der Waals surface area contributed by atoms with Gasteiger partial charge in [-0.05, 0) is 81.3 Å². The molecule has 9 rings (SSSR count). The van der Waals surface area contributed by atoms with Crippen LogP contribution in [0.5, 0.6) is 0 Å². The van der Waals surface area contributed by atoms with E-state index in [2.05, 4.69) is 42.2 Å². The number of carboxylic acid groups (broad SMARTS) is 1. The first-order valence-corrected chi connectivity index (χ1v) is 31.3. The smallest absolute Gasteiger partial charge is 0.744 e. The summed E-state index contributed by atoms with van der Waals surface area (Å²) in [4.78, 5) is 129. The zero-order valence-electron chi connectivity index (χ0n) is 49.9. The van der Waals surface area contributed by atoms with Crippen molar-refractivity contribution in [2.24, 2.45) is 0 Å². The second-order valence-corrected chi connectivity index (χ2v) is 25.9. The quantitative estimate of drug-likeness (QED) is 0.0262. The number of aliphatic hydroxyl groups excluding tert-OH is 2. The largest absolute Gasteiger partial charge is 1.00 e. The number of fused-ring (bicyclic) bond motifs is 7. The van der Waals surface area contributed by atoms with Crippen molar-refractivity contribution in [3.8, 4) is 22.5 Å². The van der Waals surface area contributed by atoms with E-state index in [-0.39, 0.29) is 84.9 Å². The minimum Gasteiger partial charge on any atom is -0.744 e. The predicted octanol–water partition coefficient (Wildman–Crippen LogP) is -8.21. The Kier molecular flexibility index (Phi) is 21.6. The predicted molar refractivity (Wildman–Crippen MR) is 312 cm³/mol. The molecule has 10 unspecified atom stereocenters. The summed E-state index contributed by atoms with van der Waals surface area (Å²) in [6, 6.07) is 2.43. The Labute approximate surface area is 551 Å². The third kappa shape index (κ3) is 15.0. The Hall–Kier alpha value is -7.84. The number of nitrogen functional groups attached to an aromatic ring is 1. The second-order valence-electron chi connectivity index (χ2n) is 22.3. The normalized spacial score (nSPS) is 23.2. The Morgan fingerprint density at radius 2 is 1.45 bits per heavy atom. The van der Waals surface area contributed by atoms with Crippen LogP contribution in [-0.4, -0.2) is 188 Å². The van der Waals surface area contributed by atoms with Gasteiger partial charge in [0.15, 0.2) is 11.3 Å². The summed E-state index contributed by atoms with van der Waals surface area (Å²) in [5.41, 5.74) is 0.637. The molecule has 4 aromatic rings. The molecule has 15 N–H and O–H groups in total. The molecule has 4 aliphatic heterocycles. The topological polar surface area (TPSA) is 515 Å². The van der Waals surface area contributed by atoms with Crippen LogP contribution in [0.4, 0.5) is 5.69 Å². The molecular formula is C56H59Li2N11O20S3. The van der Waals surface area contributed by atoms with E-state index in [1.54, 1.807) is 24.3 Å². The van der Waals surface area contributed by atoms with Gasteiger partial charge in [0.2, 0.25) is 41.4 Å². The zero-order chi connectivity index (χ0) is 65.8. The number of para-hydroxylation sites is 1. The van der Waals surface area contributed by atoms with Crippen LogP contribution in [0.1, 0.15) is 66.8 Å². The average molecular weight is 1320 g/mol. The van der Waals surface area contributed by atoms with Gasteiger partial charge in [-0.2, -0.15) is 0 Å². The molecule has 36 heteroatoms. The maximum Gasteiger partial charge on any atom is 1.00 e. The number of nitrogens with two attached hydrogens (primary N) is 1. The van der Waals surface area contributed by atoms with Gasteiger partial charge in [-0.3, -0.25) is 43.8 Å². The fourth-order valence-electron chi connectivity index (χ4n) is 11.0. The molecule has 0 radical (unpaired) electrons. The number of aliphatic hydroxyl groups is 3. The van der Waals surface area contributed by atoms with E-state index in [0.717, 1.165) is 73.0 Å². The van der Waals surface area contributed by atoms with Crippen molar-refractivity contribution >= 4 is 113 Å². The van der Waals surface area contributed by atoms with Crippen molar-refractivity contribution in [1.29, 1.82) is 5.41 Å².